The summed E-state index contributed by atoms with van der Waals surface area (Å²) in [5.74, 6) is -0.987. The van der Waals surface area contributed by atoms with Gasteiger partial charge in [-0.05, 0) is 72.1 Å². The predicted molar refractivity (Wildman–Crippen MR) is 173 cm³/mol. The second-order valence-corrected chi connectivity index (χ2v) is 15.2. The van der Waals surface area contributed by atoms with Gasteiger partial charge in [0.25, 0.3) is 0 Å². The van der Waals surface area contributed by atoms with E-state index in [4.69, 9.17) is 21.1 Å². The third-order valence-electron chi connectivity index (χ3n) is 8.69. The fourth-order valence-corrected chi connectivity index (χ4v) is 8.02. The highest BCUT2D eigenvalue weighted by molar-refractivity contribution is 7.89. The van der Waals surface area contributed by atoms with Gasteiger partial charge >= 0.3 is 5.97 Å². The molecule has 0 aliphatic carbocycles. The molecule has 0 unspecified atom stereocenters. The van der Waals surface area contributed by atoms with Crippen LogP contribution in [0, 0.1) is 11.8 Å². The van der Waals surface area contributed by atoms with Crippen molar-refractivity contribution in [2.24, 2.45) is 11.8 Å². The van der Waals surface area contributed by atoms with E-state index in [1.165, 1.54) is 0 Å². The lowest BCUT2D eigenvalue weighted by Gasteiger charge is -2.47. The average Bonchev–Trinajstić information content (AvgIpc) is 2.99. The molecular weight excluding hydrogens is 598 g/mol. The van der Waals surface area contributed by atoms with Gasteiger partial charge in [0, 0.05) is 24.6 Å². The maximum absolute atomic E-state index is 13.7. The van der Waals surface area contributed by atoms with E-state index in [1.807, 2.05) is 61.5 Å². The molecule has 2 saturated heterocycles. The van der Waals surface area contributed by atoms with E-state index in [1.54, 1.807) is 16.4 Å². The molecule has 0 spiro atoms. The molecule has 0 saturated carbocycles. The quantitative estimate of drug-likeness (QED) is 0.257. The zero-order chi connectivity index (χ0) is 31.8. The Balaban J connectivity index is 1.40. The summed E-state index contributed by atoms with van der Waals surface area (Å²) in [5, 5.41) is 9.65. The Labute approximate surface area is 265 Å². The molecule has 5 rings (SSSR count). The smallest absolute Gasteiger partial charge is 0.341 e. The van der Waals surface area contributed by atoms with Crippen molar-refractivity contribution in [1.82, 2.24) is 4.31 Å². The largest absolute Gasteiger partial charge is 0.480 e. The molecule has 3 aromatic rings. The molecule has 1 N–H and O–H groups in total. The first-order valence-electron chi connectivity index (χ1n) is 14.9. The fraction of sp³-hybridized carbons (Fsp3) is 0.400. The molecule has 0 radical (unpaired) electrons. The van der Waals surface area contributed by atoms with Gasteiger partial charge in [-0.1, -0.05) is 87.0 Å². The standard InChI is InChI=1S/C35H40ClNO6S/c1-22(2)28-17-25-20-37(44(40,41)27-13-11-24(12-14-27)23-9-7-6-8-10-23)16-15-31(25)43-33(28)29-18-26(35(3,4)5)19-30(36)34(29)42-21-32(38)39/h6-14,18-19,25,28,31,33H,1,15-17,20-21H2,2-5H3,(H,38,39)/t25-,28-,31+,33+/m1/s1. The number of rotatable bonds is 8. The molecule has 2 aliphatic heterocycles. The SMILES string of the molecule is C=C(C)[C@H]1C[C@@H]2CN(S(=O)(=O)c3ccc(-c4ccccc4)cc3)CC[C@@H]2O[C@@H]1c1cc(C(C)(C)C)cc(Cl)c1OCC(=O)O. The van der Waals surface area contributed by atoms with Crippen LogP contribution in [0.3, 0.4) is 0 Å². The second kappa shape index (κ2) is 12.7. The van der Waals surface area contributed by atoms with Crippen LogP contribution in [0.2, 0.25) is 5.02 Å². The van der Waals surface area contributed by atoms with Crippen LogP contribution in [0.5, 0.6) is 5.75 Å². The van der Waals surface area contributed by atoms with Crippen LogP contribution >= 0.6 is 11.6 Å². The van der Waals surface area contributed by atoms with Crippen molar-refractivity contribution in [3.63, 3.8) is 0 Å². The van der Waals surface area contributed by atoms with Crippen LogP contribution in [0.15, 0.2) is 83.8 Å². The lowest BCUT2D eigenvalue weighted by atomic mass is 9.75. The lowest BCUT2D eigenvalue weighted by Crippen LogP contribution is -2.50. The first-order chi connectivity index (χ1) is 20.8. The van der Waals surface area contributed by atoms with Gasteiger partial charge in [-0.25, -0.2) is 13.2 Å². The van der Waals surface area contributed by atoms with Crippen LogP contribution in [0.4, 0.5) is 0 Å². The summed E-state index contributed by atoms with van der Waals surface area (Å²) in [5.41, 5.74) is 4.34. The first-order valence-corrected chi connectivity index (χ1v) is 16.7. The number of sulfonamides is 1. The lowest BCUT2D eigenvalue weighted by molar-refractivity contribution is -0.139. The number of fused-ring (bicyclic) bond motifs is 1. The Morgan fingerprint density at radius 3 is 2.36 bits per heavy atom. The number of carboxylic acid groups (broad SMARTS) is 1. The molecule has 234 valence electrons. The third kappa shape index (κ3) is 6.74. The Morgan fingerprint density at radius 1 is 1.09 bits per heavy atom. The number of aliphatic carboxylic acids is 1. The first kappa shape index (κ1) is 32.2. The summed E-state index contributed by atoms with van der Waals surface area (Å²) < 4.78 is 41.6. The molecule has 2 heterocycles. The number of ether oxygens (including phenoxy) is 2. The summed E-state index contributed by atoms with van der Waals surface area (Å²) in [6.07, 6.45) is 0.543. The Morgan fingerprint density at radius 2 is 1.75 bits per heavy atom. The summed E-state index contributed by atoms with van der Waals surface area (Å²) in [7, 11) is -3.70. The Kier molecular flexibility index (Phi) is 9.29. The number of carbonyl (C=O) groups is 1. The van der Waals surface area contributed by atoms with Crippen LogP contribution in [-0.2, 0) is 25.0 Å². The minimum Gasteiger partial charge on any atom is -0.480 e. The molecule has 0 amide bonds. The zero-order valence-corrected chi connectivity index (χ0v) is 27.2. The highest BCUT2D eigenvalue weighted by Gasteiger charge is 2.45. The van der Waals surface area contributed by atoms with Gasteiger partial charge in [-0.15, -0.1) is 0 Å². The van der Waals surface area contributed by atoms with Crippen molar-refractivity contribution in [3.8, 4) is 16.9 Å². The molecule has 4 atom stereocenters. The maximum Gasteiger partial charge on any atom is 0.341 e. The average molecular weight is 638 g/mol. The Hall–Kier alpha value is -3.17. The number of benzene rings is 3. The minimum atomic E-state index is -3.70. The van der Waals surface area contributed by atoms with Crippen LogP contribution in [0.25, 0.3) is 11.1 Å². The minimum absolute atomic E-state index is 0.0373. The van der Waals surface area contributed by atoms with Gasteiger partial charge in [-0.3, -0.25) is 0 Å². The van der Waals surface area contributed by atoms with Crippen molar-refractivity contribution in [3.05, 3.63) is 95.0 Å². The molecule has 7 nitrogen and oxygen atoms in total. The molecule has 44 heavy (non-hydrogen) atoms. The van der Waals surface area contributed by atoms with Crippen molar-refractivity contribution in [1.29, 1.82) is 0 Å². The zero-order valence-electron chi connectivity index (χ0n) is 25.6. The normalized spacial score (nSPS) is 22.7. The van der Waals surface area contributed by atoms with Gasteiger partial charge in [0.2, 0.25) is 10.0 Å². The van der Waals surface area contributed by atoms with Gasteiger partial charge < -0.3 is 14.6 Å². The van der Waals surface area contributed by atoms with Crippen molar-refractivity contribution < 1.29 is 27.8 Å². The van der Waals surface area contributed by atoms with Crippen molar-refractivity contribution in [2.75, 3.05) is 19.7 Å². The van der Waals surface area contributed by atoms with E-state index < -0.39 is 28.7 Å². The number of halogens is 1. The highest BCUT2D eigenvalue weighted by atomic mass is 35.5. The van der Waals surface area contributed by atoms with Crippen LogP contribution in [-0.4, -0.2) is 49.6 Å². The van der Waals surface area contributed by atoms with Crippen LogP contribution < -0.4 is 4.74 Å². The number of hydrogen-bond donors (Lipinski definition) is 1. The summed E-state index contributed by atoms with van der Waals surface area (Å²) in [6.45, 7) is 12.6. The van der Waals surface area contributed by atoms with Gasteiger partial charge in [-0.2, -0.15) is 4.31 Å². The third-order valence-corrected chi connectivity index (χ3v) is 10.8. The van der Waals surface area contributed by atoms with Gasteiger partial charge in [0.1, 0.15) is 5.75 Å². The van der Waals surface area contributed by atoms with Crippen molar-refractivity contribution >= 4 is 27.6 Å². The van der Waals surface area contributed by atoms with E-state index >= 15 is 0 Å². The van der Waals surface area contributed by atoms with E-state index in [2.05, 4.69) is 27.4 Å². The monoisotopic (exact) mass is 637 g/mol. The van der Waals surface area contributed by atoms with Crippen molar-refractivity contribution in [2.45, 2.75) is 63.1 Å². The summed E-state index contributed by atoms with van der Waals surface area (Å²) in [6, 6.07) is 20.7. The summed E-state index contributed by atoms with van der Waals surface area (Å²) in [4.78, 5) is 11.7. The molecule has 0 bridgehead atoms. The number of hydrogen-bond acceptors (Lipinski definition) is 5. The maximum atomic E-state index is 13.7. The number of piperidine rings is 1. The second-order valence-electron chi connectivity index (χ2n) is 12.9. The predicted octanol–water partition coefficient (Wildman–Crippen LogP) is 7.50. The highest BCUT2D eigenvalue weighted by Crippen LogP contribution is 2.49. The van der Waals surface area contributed by atoms with E-state index in [9.17, 15) is 18.3 Å². The molecule has 2 fully saturated rings. The molecule has 9 heteroatoms. The van der Waals surface area contributed by atoms with Crippen LogP contribution in [0.1, 0.15) is 57.8 Å². The van der Waals surface area contributed by atoms with Gasteiger partial charge in [0.05, 0.1) is 22.1 Å². The fourth-order valence-electron chi connectivity index (χ4n) is 6.23. The Bertz CT molecular complexity index is 1630. The molecule has 0 aromatic heterocycles. The number of nitrogens with zero attached hydrogens (tertiary/aromatic N) is 1. The van der Waals surface area contributed by atoms with Gasteiger partial charge in [0.15, 0.2) is 6.61 Å². The molecule has 2 aliphatic rings. The number of carboxylic acids is 1. The summed E-state index contributed by atoms with van der Waals surface area (Å²) >= 11 is 6.71. The van der Waals surface area contributed by atoms with E-state index in [0.717, 1.165) is 22.3 Å². The van der Waals surface area contributed by atoms with E-state index in [0.29, 0.717) is 42.3 Å². The molecular formula is C35H40ClNO6S. The topological polar surface area (TPSA) is 93.1 Å². The molecule has 3 aromatic carbocycles. The van der Waals surface area contributed by atoms with E-state index in [-0.39, 0.29) is 28.3 Å².